The molecule has 1 aromatic heterocycles. The van der Waals surface area contributed by atoms with Crippen LogP contribution in [-0.2, 0) is 0 Å². The number of rotatable bonds is 0. The predicted molar refractivity (Wildman–Crippen MR) is 55.9 cm³/mol. The van der Waals surface area contributed by atoms with Gasteiger partial charge in [-0.1, -0.05) is 23.7 Å². The minimum Gasteiger partial charge on any atom is -0.398 e. The van der Waals surface area contributed by atoms with E-state index >= 15 is 0 Å². The first-order valence-electron chi connectivity index (χ1n) is 4.00. The van der Waals surface area contributed by atoms with Crippen molar-refractivity contribution in [3.8, 4) is 0 Å². The maximum Gasteiger partial charge on any atom is 0.137 e. The molecule has 0 atom stereocenters. The molecule has 0 unspecified atom stereocenters. The van der Waals surface area contributed by atoms with Gasteiger partial charge in [-0.05, 0) is 19.1 Å². The van der Waals surface area contributed by atoms with Gasteiger partial charge in [-0.25, -0.2) is 4.98 Å². The second kappa shape index (κ2) is 2.89. The van der Waals surface area contributed by atoms with E-state index in [1.165, 1.54) is 0 Å². The van der Waals surface area contributed by atoms with Gasteiger partial charge < -0.3 is 5.73 Å². The number of nitrogens with zero attached hydrogens (tertiary/aromatic N) is 1. The zero-order valence-corrected chi connectivity index (χ0v) is 7.97. The number of halogens is 1. The maximum absolute atomic E-state index is 5.97. The van der Waals surface area contributed by atoms with Crippen molar-refractivity contribution < 1.29 is 0 Å². The molecule has 2 rings (SSSR count). The Morgan fingerprint density at radius 2 is 2.08 bits per heavy atom. The molecule has 0 aliphatic carbocycles. The Balaban J connectivity index is 2.94. The Morgan fingerprint density at radius 1 is 1.31 bits per heavy atom. The van der Waals surface area contributed by atoms with E-state index in [0.29, 0.717) is 5.15 Å². The van der Waals surface area contributed by atoms with Gasteiger partial charge in [-0.3, -0.25) is 0 Å². The first kappa shape index (κ1) is 8.32. The first-order chi connectivity index (χ1) is 6.18. The van der Waals surface area contributed by atoms with E-state index in [1.54, 1.807) is 0 Å². The van der Waals surface area contributed by atoms with Gasteiger partial charge >= 0.3 is 0 Å². The lowest BCUT2D eigenvalue weighted by Crippen LogP contribution is -1.90. The van der Waals surface area contributed by atoms with Crippen LogP contribution in [0.5, 0.6) is 0 Å². The van der Waals surface area contributed by atoms with Crippen LogP contribution in [0.3, 0.4) is 0 Å². The third kappa shape index (κ3) is 1.33. The minimum atomic E-state index is 0.516. The van der Waals surface area contributed by atoms with Gasteiger partial charge in [0.15, 0.2) is 0 Å². The average Bonchev–Trinajstić information content (AvgIpc) is 2.07. The number of fused-ring (bicyclic) bond motifs is 1. The lowest BCUT2D eigenvalue weighted by Gasteiger charge is -2.03. The van der Waals surface area contributed by atoms with Gasteiger partial charge in [0.2, 0.25) is 0 Å². The Bertz CT molecular complexity index is 466. The van der Waals surface area contributed by atoms with Crippen molar-refractivity contribution in [1.82, 2.24) is 4.98 Å². The number of nitrogen functional groups attached to an aromatic ring is 1. The fourth-order valence-corrected chi connectivity index (χ4v) is 1.68. The molecule has 2 nitrogen and oxygen atoms in total. The van der Waals surface area contributed by atoms with Crippen molar-refractivity contribution in [2.24, 2.45) is 0 Å². The summed E-state index contributed by atoms with van der Waals surface area (Å²) in [4.78, 5) is 4.15. The van der Waals surface area contributed by atoms with Crippen LogP contribution in [0.1, 0.15) is 5.69 Å². The quantitative estimate of drug-likeness (QED) is 0.515. The number of pyridine rings is 1. The number of hydrogen-bond donors (Lipinski definition) is 1. The third-order valence-electron chi connectivity index (χ3n) is 1.99. The fraction of sp³-hybridized carbons (Fsp3) is 0.100. The molecule has 0 aliphatic rings. The maximum atomic E-state index is 5.97. The van der Waals surface area contributed by atoms with Gasteiger partial charge in [-0.2, -0.15) is 0 Å². The SMILES string of the molecule is Cc1cc2c(N)cccc2c(Cl)n1. The van der Waals surface area contributed by atoms with Crippen LogP contribution in [0.4, 0.5) is 5.69 Å². The zero-order valence-electron chi connectivity index (χ0n) is 7.21. The molecule has 0 amide bonds. The van der Waals surface area contributed by atoms with E-state index in [4.69, 9.17) is 17.3 Å². The highest BCUT2D eigenvalue weighted by Crippen LogP contribution is 2.26. The first-order valence-corrected chi connectivity index (χ1v) is 4.37. The molecule has 0 saturated carbocycles. The number of aryl methyl sites for hydroxylation is 1. The van der Waals surface area contributed by atoms with Crippen molar-refractivity contribution in [3.63, 3.8) is 0 Å². The molecule has 0 bridgehead atoms. The van der Waals surface area contributed by atoms with E-state index in [-0.39, 0.29) is 0 Å². The summed E-state index contributed by atoms with van der Waals surface area (Å²) < 4.78 is 0. The van der Waals surface area contributed by atoms with Gasteiger partial charge in [0, 0.05) is 22.2 Å². The number of hydrogen-bond acceptors (Lipinski definition) is 2. The van der Waals surface area contributed by atoms with Crippen molar-refractivity contribution in [3.05, 3.63) is 35.1 Å². The van der Waals surface area contributed by atoms with Crippen LogP contribution in [0, 0.1) is 6.92 Å². The topological polar surface area (TPSA) is 38.9 Å². The molecule has 0 spiro atoms. The summed E-state index contributed by atoms with van der Waals surface area (Å²) in [5.74, 6) is 0. The summed E-state index contributed by atoms with van der Waals surface area (Å²) in [6.45, 7) is 1.90. The molecular formula is C10H9ClN2. The Morgan fingerprint density at radius 3 is 2.85 bits per heavy atom. The molecule has 0 fully saturated rings. The lowest BCUT2D eigenvalue weighted by atomic mass is 10.1. The summed E-state index contributed by atoms with van der Waals surface area (Å²) in [5.41, 5.74) is 7.43. The van der Waals surface area contributed by atoms with Crippen molar-refractivity contribution >= 4 is 28.1 Å². The van der Waals surface area contributed by atoms with Crippen LogP contribution in [0.25, 0.3) is 10.8 Å². The number of benzene rings is 1. The summed E-state index contributed by atoms with van der Waals surface area (Å²) in [5, 5.41) is 2.40. The molecule has 3 heteroatoms. The van der Waals surface area contributed by atoms with E-state index in [0.717, 1.165) is 22.2 Å². The Hall–Kier alpha value is -1.28. The largest absolute Gasteiger partial charge is 0.398 e. The Kier molecular flexibility index (Phi) is 1.85. The standard InChI is InChI=1S/C10H9ClN2/c1-6-5-8-7(10(11)13-6)3-2-4-9(8)12/h2-5H,12H2,1H3. The molecule has 2 aromatic rings. The summed E-state index contributed by atoms with van der Waals surface area (Å²) in [6, 6.07) is 7.59. The van der Waals surface area contributed by atoms with Crippen LogP contribution in [0.15, 0.2) is 24.3 Å². The summed E-state index contributed by atoms with van der Waals surface area (Å²) in [6.07, 6.45) is 0. The van der Waals surface area contributed by atoms with Crippen LogP contribution in [-0.4, -0.2) is 4.98 Å². The number of aromatic nitrogens is 1. The normalized spacial score (nSPS) is 10.6. The van der Waals surface area contributed by atoms with Crippen LogP contribution >= 0.6 is 11.6 Å². The Labute approximate surface area is 81.3 Å². The van der Waals surface area contributed by atoms with Crippen LogP contribution < -0.4 is 5.73 Å². The average molecular weight is 193 g/mol. The van der Waals surface area contributed by atoms with E-state index in [9.17, 15) is 0 Å². The monoisotopic (exact) mass is 192 g/mol. The highest BCUT2D eigenvalue weighted by molar-refractivity contribution is 6.34. The molecule has 0 radical (unpaired) electrons. The number of nitrogens with two attached hydrogens (primary N) is 1. The molecule has 1 heterocycles. The molecule has 66 valence electrons. The van der Waals surface area contributed by atoms with Gasteiger partial charge in [0.25, 0.3) is 0 Å². The van der Waals surface area contributed by atoms with E-state index < -0.39 is 0 Å². The summed E-state index contributed by atoms with van der Waals surface area (Å²) >= 11 is 5.97. The zero-order chi connectivity index (χ0) is 9.42. The molecule has 0 aliphatic heterocycles. The second-order valence-electron chi connectivity index (χ2n) is 3.00. The van der Waals surface area contributed by atoms with Crippen molar-refractivity contribution in [2.45, 2.75) is 6.92 Å². The van der Waals surface area contributed by atoms with E-state index in [1.807, 2.05) is 31.2 Å². The van der Waals surface area contributed by atoms with E-state index in [2.05, 4.69) is 4.98 Å². The third-order valence-corrected chi connectivity index (χ3v) is 2.28. The van der Waals surface area contributed by atoms with Gasteiger partial charge in [0.05, 0.1) is 0 Å². The minimum absolute atomic E-state index is 0.516. The van der Waals surface area contributed by atoms with Crippen molar-refractivity contribution in [1.29, 1.82) is 0 Å². The van der Waals surface area contributed by atoms with Gasteiger partial charge in [0.1, 0.15) is 5.15 Å². The second-order valence-corrected chi connectivity index (χ2v) is 3.35. The van der Waals surface area contributed by atoms with Gasteiger partial charge in [-0.15, -0.1) is 0 Å². The molecule has 1 aromatic carbocycles. The molecule has 0 saturated heterocycles. The summed E-state index contributed by atoms with van der Waals surface area (Å²) in [7, 11) is 0. The van der Waals surface area contributed by atoms with Crippen LogP contribution in [0.2, 0.25) is 5.15 Å². The highest BCUT2D eigenvalue weighted by atomic mass is 35.5. The molecule has 2 N–H and O–H groups in total. The predicted octanol–water partition coefficient (Wildman–Crippen LogP) is 2.78. The highest BCUT2D eigenvalue weighted by Gasteiger charge is 2.03. The molecule has 13 heavy (non-hydrogen) atoms. The lowest BCUT2D eigenvalue weighted by molar-refractivity contribution is 1.22. The van der Waals surface area contributed by atoms with Crippen molar-refractivity contribution in [2.75, 3.05) is 5.73 Å². The smallest absolute Gasteiger partial charge is 0.137 e. The number of anilines is 1. The fourth-order valence-electron chi connectivity index (χ4n) is 1.38. The molecular weight excluding hydrogens is 184 g/mol.